The van der Waals surface area contributed by atoms with Crippen LogP contribution in [-0.2, 0) is 15.1 Å². The smallest absolute Gasteiger partial charge is 0.411 e. The first kappa shape index (κ1) is 16.3. The lowest BCUT2D eigenvalue weighted by molar-refractivity contribution is -0.142. The Balaban J connectivity index is 2.27. The molecule has 1 aliphatic rings. The number of ether oxygens (including phenoxy) is 1. The van der Waals surface area contributed by atoms with Crippen molar-refractivity contribution in [1.29, 1.82) is 0 Å². The molecule has 0 aliphatic carbocycles. The molecule has 2 rings (SSSR count). The highest BCUT2D eigenvalue weighted by Crippen LogP contribution is 2.36. The first-order valence-electron chi connectivity index (χ1n) is 7.13. The van der Waals surface area contributed by atoms with E-state index in [4.69, 9.17) is 4.74 Å². The number of carbonyl (C=O) groups is 2. The predicted octanol–water partition coefficient (Wildman–Crippen LogP) is 1.97. The van der Waals surface area contributed by atoms with Gasteiger partial charge in [0.25, 0.3) is 0 Å². The second kappa shape index (κ2) is 5.61. The number of carboxylic acid groups (broad SMARTS) is 1. The van der Waals surface area contributed by atoms with Gasteiger partial charge in [0, 0.05) is 6.42 Å². The van der Waals surface area contributed by atoms with Crippen molar-refractivity contribution in [2.45, 2.75) is 44.4 Å². The molecule has 1 amide bonds. The standard InChI is InChI=1S/C16H21NO5/c1-15(2,3)22-14(20)17-10-16(21,9-12(17)13(18)19)11-7-5-4-6-8-11/h4-8,12,21H,9-10H2,1-3H3,(H,18,19). The van der Waals surface area contributed by atoms with Gasteiger partial charge in [-0.25, -0.2) is 9.59 Å². The largest absolute Gasteiger partial charge is 0.480 e. The van der Waals surface area contributed by atoms with Crippen molar-refractivity contribution in [2.75, 3.05) is 6.54 Å². The number of nitrogens with zero attached hydrogens (tertiary/aromatic N) is 1. The molecule has 1 fully saturated rings. The Labute approximate surface area is 129 Å². The van der Waals surface area contributed by atoms with Gasteiger partial charge >= 0.3 is 12.1 Å². The van der Waals surface area contributed by atoms with E-state index in [1.807, 2.05) is 6.07 Å². The molecule has 22 heavy (non-hydrogen) atoms. The first-order valence-corrected chi connectivity index (χ1v) is 7.13. The third-order valence-corrected chi connectivity index (χ3v) is 3.56. The second-order valence-corrected chi connectivity index (χ2v) is 6.56. The molecule has 0 spiro atoms. The molecule has 2 atom stereocenters. The van der Waals surface area contributed by atoms with Gasteiger partial charge in [0.2, 0.25) is 0 Å². The minimum atomic E-state index is -1.39. The third kappa shape index (κ3) is 3.39. The number of aliphatic carboxylic acids is 1. The summed E-state index contributed by atoms with van der Waals surface area (Å²) in [6.45, 7) is 5.02. The van der Waals surface area contributed by atoms with Gasteiger partial charge in [-0.2, -0.15) is 0 Å². The summed E-state index contributed by atoms with van der Waals surface area (Å²) in [5.74, 6) is -1.15. The predicted molar refractivity (Wildman–Crippen MR) is 79.3 cm³/mol. The Morgan fingerprint density at radius 2 is 1.86 bits per heavy atom. The van der Waals surface area contributed by atoms with E-state index >= 15 is 0 Å². The van der Waals surface area contributed by atoms with Gasteiger partial charge in [-0.05, 0) is 26.3 Å². The van der Waals surface area contributed by atoms with E-state index in [1.54, 1.807) is 45.0 Å². The Morgan fingerprint density at radius 1 is 1.27 bits per heavy atom. The van der Waals surface area contributed by atoms with E-state index in [0.29, 0.717) is 5.56 Å². The fraction of sp³-hybridized carbons (Fsp3) is 0.500. The number of aliphatic hydroxyl groups is 1. The molecule has 2 unspecified atom stereocenters. The SMILES string of the molecule is CC(C)(C)OC(=O)N1CC(O)(c2ccccc2)CC1C(=O)O. The number of likely N-dealkylation sites (tertiary alicyclic amines) is 1. The molecular formula is C16H21NO5. The van der Waals surface area contributed by atoms with E-state index in [1.165, 1.54) is 0 Å². The molecule has 0 radical (unpaired) electrons. The summed E-state index contributed by atoms with van der Waals surface area (Å²) in [4.78, 5) is 24.7. The summed E-state index contributed by atoms with van der Waals surface area (Å²) in [7, 11) is 0. The van der Waals surface area contributed by atoms with E-state index in [2.05, 4.69) is 0 Å². The van der Waals surface area contributed by atoms with Crippen LogP contribution < -0.4 is 0 Å². The van der Waals surface area contributed by atoms with Gasteiger partial charge in [-0.15, -0.1) is 0 Å². The Hall–Kier alpha value is -2.08. The summed E-state index contributed by atoms with van der Waals surface area (Å²) in [6, 6.07) is 7.66. The zero-order valence-corrected chi connectivity index (χ0v) is 12.9. The van der Waals surface area contributed by atoms with Gasteiger partial charge in [0.15, 0.2) is 0 Å². The Bertz CT molecular complexity index is 566. The molecule has 6 heteroatoms. The second-order valence-electron chi connectivity index (χ2n) is 6.56. The zero-order chi connectivity index (χ0) is 16.5. The molecule has 1 saturated heterocycles. The van der Waals surface area contributed by atoms with Crippen molar-refractivity contribution in [3.8, 4) is 0 Å². The van der Waals surface area contributed by atoms with Gasteiger partial charge in [0.05, 0.1) is 6.54 Å². The van der Waals surface area contributed by atoms with Crippen molar-refractivity contribution in [2.24, 2.45) is 0 Å². The van der Waals surface area contributed by atoms with Crippen molar-refractivity contribution in [3.05, 3.63) is 35.9 Å². The molecule has 6 nitrogen and oxygen atoms in total. The van der Waals surface area contributed by atoms with Crippen LogP contribution in [0.5, 0.6) is 0 Å². The van der Waals surface area contributed by atoms with Crippen LogP contribution >= 0.6 is 0 Å². The summed E-state index contributed by atoms with van der Waals surface area (Å²) < 4.78 is 5.24. The van der Waals surface area contributed by atoms with Crippen LogP contribution in [0.25, 0.3) is 0 Å². The molecule has 0 aromatic heterocycles. The number of carboxylic acids is 1. The van der Waals surface area contributed by atoms with Gasteiger partial charge in [-0.1, -0.05) is 30.3 Å². The van der Waals surface area contributed by atoms with Gasteiger partial charge in [0.1, 0.15) is 17.2 Å². The number of rotatable bonds is 2. The van der Waals surface area contributed by atoms with Crippen LogP contribution in [0, 0.1) is 0 Å². The summed E-state index contributed by atoms with van der Waals surface area (Å²) in [5.41, 5.74) is -1.53. The molecule has 1 aliphatic heterocycles. The molecule has 2 N–H and O–H groups in total. The van der Waals surface area contributed by atoms with Crippen LogP contribution in [0.4, 0.5) is 4.79 Å². The summed E-state index contributed by atoms with van der Waals surface area (Å²) in [5, 5.41) is 20.1. The fourth-order valence-corrected chi connectivity index (χ4v) is 2.58. The average Bonchev–Trinajstić information content (AvgIpc) is 2.78. The maximum Gasteiger partial charge on any atom is 0.411 e. The molecular weight excluding hydrogens is 286 g/mol. The van der Waals surface area contributed by atoms with Crippen molar-refractivity contribution < 1.29 is 24.5 Å². The Kier molecular flexibility index (Phi) is 4.15. The van der Waals surface area contributed by atoms with Crippen molar-refractivity contribution in [1.82, 2.24) is 4.90 Å². The molecule has 1 aromatic rings. The number of amides is 1. The highest BCUT2D eigenvalue weighted by atomic mass is 16.6. The van der Waals surface area contributed by atoms with Crippen molar-refractivity contribution >= 4 is 12.1 Å². The van der Waals surface area contributed by atoms with E-state index < -0.39 is 29.3 Å². The van der Waals surface area contributed by atoms with Crippen LogP contribution in [0.2, 0.25) is 0 Å². The number of hydrogen-bond acceptors (Lipinski definition) is 4. The average molecular weight is 307 g/mol. The summed E-state index contributed by atoms with van der Waals surface area (Å²) >= 11 is 0. The molecule has 0 bridgehead atoms. The maximum absolute atomic E-state index is 12.2. The zero-order valence-electron chi connectivity index (χ0n) is 12.9. The van der Waals surface area contributed by atoms with E-state index in [9.17, 15) is 19.8 Å². The van der Waals surface area contributed by atoms with Crippen LogP contribution in [0.1, 0.15) is 32.8 Å². The Morgan fingerprint density at radius 3 is 2.36 bits per heavy atom. The number of hydrogen-bond donors (Lipinski definition) is 2. The highest BCUT2D eigenvalue weighted by Gasteiger charge is 2.50. The van der Waals surface area contributed by atoms with Crippen molar-refractivity contribution in [3.63, 3.8) is 0 Å². The van der Waals surface area contributed by atoms with Gasteiger partial charge in [-0.3, -0.25) is 4.90 Å². The quantitative estimate of drug-likeness (QED) is 0.872. The van der Waals surface area contributed by atoms with Gasteiger partial charge < -0.3 is 14.9 Å². The van der Waals surface area contributed by atoms with Crippen LogP contribution in [-0.4, -0.2) is 45.4 Å². The molecule has 120 valence electrons. The number of benzene rings is 1. The molecule has 1 heterocycles. The summed E-state index contributed by atoms with van der Waals surface area (Å²) in [6.07, 6.45) is -0.794. The first-order chi connectivity index (χ1) is 10.1. The minimum Gasteiger partial charge on any atom is -0.480 e. The monoisotopic (exact) mass is 307 g/mol. The van der Waals surface area contributed by atoms with Crippen LogP contribution in [0.15, 0.2) is 30.3 Å². The van der Waals surface area contributed by atoms with E-state index in [-0.39, 0.29) is 13.0 Å². The maximum atomic E-state index is 12.2. The lowest BCUT2D eigenvalue weighted by Crippen LogP contribution is -2.43. The lowest BCUT2D eigenvalue weighted by atomic mass is 9.91. The molecule has 0 saturated carbocycles. The topological polar surface area (TPSA) is 87.1 Å². The van der Waals surface area contributed by atoms with E-state index in [0.717, 1.165) is 4.90 Å². The number of β-amino-alcohol motifs (C(OH)–C–C–N with tert-alkyl or cyclic N) is 1. The lowest BCUT2D eigenvalue weighted by Gasteiger charge is -2.27. The third-order valence-electron chi connectivity index (χ3n) is 3.56. The fourth-order valence-electron chi connectivity index (χ4n) is 2.58. The normalized spacial score (nSPS) is 25.1. The molecule has 1 aromatic carbocycles. The minimum absolute atomic E-state index is 0.0639. The highest BCUT2D eigenvalue weighted by molar-refractivity contribution is 5.81. The number of carbonyl (C=O) groups excluding carboxylic acids is 1. The van der Waals surface area contributed by atoms with Crippen LogP contribution in [0.3, 0.4) is 0 Å².